The third-order valence-electron chi connectivity index (χ3n) is 2.51. The molecule has 1 heterocycles. The Balaban J connectivity index is 2.53. The summed E-state index contributed by atoms with van der Waals surface area (Å²) in [6.07, 6.45) is 5.00. The molecule has 0 aliphatic carbocycles. The zero-order valence-corrected chi connectivity index (χ0v) is 9.53. The standard InChI is InChI=1S/C12H20N2O/c1-3-4-11(15)6-5-10-7-9(2)8-14-12(10)13/h7-8,11,15H,3-6H2,1-2H3,(H2,13,14). The molecule has 15 heavy (non-hydrogen) atoms. The first-order valence-electron chi connectivity index (χ1n) is 5.52. The second kappa shape index (κ2) is 5.71. The molecule has 0 amide bonds. The Morgan fingerprint density at radius 1 is 1.47 bits per heavy atom. The van der Waals surface area contributed by atoms with Crippen molar-refractivity contribution < 1.29 is 5.11 Å². The van der Waals surface area contributed by atoms with Crippen molar-refractivity contribution in [3.05, 3.63) is 23.4 Å². The minimum absolute atomic E-state index is 0.213. The lowest BCUT2D eigenvalue weighted by Crippen LogP contribution is -2.08. The van der Waals surface area contributed by atoms with Crippen LogP contribution in [-0.2, 0) is 6.42 Å². The summed E-state index contributed by atoms with van der Waals surface area (Å²) in [6.45, 7) is 4.07. The number of hydrogen-bond donors (Lipinski definition) is 2. The largest absolute Gasteiger partial charge is 0.393 e. The van der Waals surface area contributed by atoms with E-state index in [1.54, 1.807) is 6.20 Å². The van der Waals surface area contributed by atoms with E-state index in [1.807, 2.05) is 13.0 Å². The molecular formula is C12H20N2O. The van der Waals surface area contributed by atoms with Gasteiger partial charge in [0.2, 0.25) is 0 Å². The highest BCUT2D eigenvalue weighted by molar-refractivity contribution is 5.40. The number of nitrogens with two attached hydrogens (primary N) is 1. The van der Waals surface area contributed by atoms with Crippen molar-refractivity contribution in [1.29, 1.82) is 0 Å². The van der Waals surface area contributed by atoms with Gasteiger partial charge < -0.3 is 10.8 Å². The molecule has 0 saturated heterocycles. The third kappa shape index (κ3) is 3.88. The van der Waals surface area contributed by atoms with E-state index in [-0.39, 0.29) is 6.10 Å². The number of anilines is 1. The number of aryl methyl sites for hydroxylation is 2. The molecule has 0 aliphatic heterocycles. The van der Waals surface area contributed by atoms with Crippen LogP contribution in [0.4, 0.5) is 5.82 Å². The van der Waals surface area contributed by atoms with Gasteiger partial charge in [-0.25, -0.2) is 4.98 Å². The van der Waals surface area contributed by atoms with Crippen LogP contribution in [0.3, 0.4) is 0 Å². The zero-order valence-electron chi connectivity index (χ0n) is 9.53. The van der Waals surface area contributed by atoms with E-state index < -0.39 is 0 Å². The summed E-state index contributed by atoms with van der Waals surface area (Å²) >= 11 is 0. The molecule has 1 aromatic rings. The van der Waals surface area contributed by atoms with Crippen LogP contribution in [0.5, 0.6) is 0 Å². The third-order valence-corrected chi connectivity index (χ3v) is 2.51. The van der Waals surface area contributed by atoms with Crippen molar-refractivity contribution in [2.75, 3.05) is 5.73 Å². The Kier molecular flexibility index (Phi) is 4.56. The molecule has 0 saturated carbocycles. The maximum Gasteiger partial charge on any atom is 0.126 e. The second-order valence-corrected chi connectivity index (χ2v) is 4.04. The van der Waals surface area contributed by atoms with Gasteiger partial charge in [0.25, 0.3) is 0 Å². The number of nitrogens with zero attached hydrogens (tertiary/aromatic N) is 1. The number of hydrogen-bond acceptors (Lipinski definition) is 3. The predicted molar refractivity (Wildman–Crippen MR) is 62.6 cm³/mol. The van der Waals surface area contributed by atoms with Crippen molar-refractivity contribution in [2.45, 2.75) is 45.6 Å². The summed E-state index contributed by atoms with van der Waals surface area (Å²) in [7, 11) is 0. The van der Waals surface area contributed by atoms with E-state index in [1.165, 1.54) is 0 Å². The number of pyridine rings is 1. The van der Waals surface area contributed by atoms with Gasteiger partial charge in [-0.2, -0.15) is 0 Å². The summed E-state index contributed by atoms with van der Waals surface area (Å²) in [5.41, 5.74) is 7.92. The lowest BCUT2D eigenvalue weighted by Gasteiger charge is -2.10. The van der Waals surface area contributed by atoms with E-state index in [0.717, 1.165) is 36.8 Å². The molecule has 1 aromatic heterocycles. The minimum Gasteiger partial charge on any atom is -0.393 e. The Hall–Kier alpha value is -1.09. The van der Waals surface area contributed by atoms with E-state index >= 15 is 0 Å². The van der Waals surface area contributed by atoms with Crippen LogP contribution in [0.25, 0.3) is 0 Å². The Labute approximate surface area is 91.3 Å². The molecule has 0 spiro atoms. The molecule has 0 aromatic carbocycles. The average Bonchev–Trinajstić information content (AvgIpc) is 2.20. The molecule has 0 fully saturated rings. The quantitative estimate of drug-likeness (QED) is 0.778. The molecule has 1 atom stereocenters. The molecule has 0 aliphatic rings. The van der Waals surface area contributed by atoms with Gasteiger partial charge in [0.15, 0.2) is 0 Å². The highest BCUT2D eigenvalue weighted by atomic mass is 16.3. The molecule has 0 bridgehead atoms. The normalized spacial score (nSPS) is 12.7. The molecule has 84 valence electrons. The average molecular weight is 208 g/mol. The second-order valence-electron chi connectivity index (χ2n) is 4.04. The SMILES string of the molecule is CCCC(O)CCc1cc(C)cnc1N. The first kappa shape index (κ1) is 12.0. The predicted octanol–water partition coefficient (Wildman–Crippen LogP) is 2.07. The van der Waals surface area contributed by atoms with Crippen molar-refractivity contribution in [3.63, 3.8) is 0 Å². The Morgan fingerprint density at radius 2 is 2.20 bits per heavy atom. The van der Waals surface area contributed by atoms with Gasteiger partial charge in [-0.3, -0.25) is 0 Å². The smallest absolute Gasteiger partial charge is 0.126 e. The number of rotatable bonds is 5. The molecular weight excluding hydrogens is 188 g/mol. The van der Waals surface area contributed by atoms with Crippen LogP contribution < -0.4 is 5.73 Å². The number of aliphatic hydroxyl groups excluding tert-OH is 1. The highest BCUT2D eigenvalue weighted by Gasteiger charge is 2.06. The van der Waals surface area contributed by atoms with Gasteiger partial charge in [-0.15, -0.1) is 0 Å². The summed E-state index contributed by atoms with van der Waals surface area (Å²) in [5, 5.41) is 9.61. The summed E-state index contributed by atoms with van der Waals surface area (Å²) < 4.78 is 0. The maximum atomic E-state index is 9.61. The highest BCUT2D eigenvalue weighted by Crippen LogP contribution is 2.14. The molecule has 1 rings (SSSR count). The monoisotopic (exact) mass is 208 g/mol. The van der Waals surface area contributed by atoms with Crippen LogP contribution in [0.1, 0.15) is 37.3 Å². The fourth-order valence-electron chi connectivity index (χ4n) is 1.64. The number of nitrogen functional groups attached to an aromatic ring is 1. The first-order chi connectivity index (χ1) is 7.13. The molecule has 1 unspecified atom stereocenters. The Bertz CT molecular complexity index is 312. The fourth-order valence-corrected chi connectivity index (χ4v) is 1.64. The topological polar surface area (TPSA) is 59.1 Å². The zero-order chi connectivity index (χ0) is 11.3. The van der Waals surface area contributed by atoms with Crippen LogP contribution in [0.2, 0.25) is 0 Å². The maximum absolute atomic E-state index is 9.61. The van der Waals surface area contributed by atoms with Gasteiger partial charge in [-0.1, -0.05) is 19.4 Å². The van der Waals surface area contributed by atoms with Gasteiger partial charge >= 0.3 is 0 Å². The van der Waals surface area contributed by atoms with Crippen LogP contribution in [0.15, 0.2) is 12.3 Å². The van der Waals surface area contributed by atoms with E-state index in [4.69, 9.17) is 5.73 Å². The first-order valence-corrected chi connectivity index (χ1v) is 5.52. The minimum atomic E-state index is -0.213. The molecule has 3 N–H and O–H groups in total. The molecule has 3 heteroatoms. The van der Waals surface area contributed by atoms with Gasteiger partial charge in [0.1, 0.15) is 5.82 Å². The van der Waals surface area contributed by atoms with Crippen LogP contribution >= 0.6 is 0 Å². The van der Waals surface area contributed by atoms with Gasteiger partial charge in [0.05, 0.1) is 6.10 Å². The van der Waals surface area contributed by atoms with Crippen molar-refractivity contribution >= 4 is 5.82 Å². The van der Waals surface area contributed by atoms with Crippen molar-refractivity contribution in [3.8, 4) is 0 Å². The lowest BCUT2D eigenvalue weighted by molar-refractivity contribution is 0.154. The van der Waals surface area contributed by atoms with Crippen LogP contribution in [0, 0.1) is 6.92 Å². The van der Waals surface area contributed by atoms with Crippen molar-refractivity contribution in [1.82, 2.24) is 4.98 Å². The number of aromatic nitrogens is 1. The van der Waals surface area contributed by atoms with E-state index in [9.17, 15) is 5.11 Å². The summed E-state index contributed by atoms with van der Waals surface area (Å²) in [5.74, 6) is 0.587. The fraction of sp³-hybridized carbons (Fsp3) is 0.583. The van der Waals surface area contributed by atoms with Gasteiger partial charge in [0, 0.05) is 6.20 Å². The Morgan fingerprint density at radius 3 is 2.87 bits per heavy atom. The lowest BCUT2D eigenvalue weighted by atomic mass is 10.0. The van der Waals surface area contributed by atoms with E-state index in [0.29, 0.717) is 5.82 Å². The van der Waals surface area contributed by atoms with Crippen LogP contribution in [-0.4, -0.2) is 16.2 Å². The molecule has 0 radical (unpaired) electrons. The summed E-state index contributed by atoms with van der Waals surface area (Å²) in [4.78, 5) is 4.10. The molecule has 3 nitrogen and oxygen atoms in total. The van der Waals surface area contributed by atoms with Crippen molar-refractivity contribution in [2.24, 2.45) is 0 Å². The summed E-state index contributed by atoms with van der Waals surface area (Å²) in [6, 6.07) is 2.04. The number of aliphatic hydroxyl groups is 1. The van der Waals surface area contributed by atoms with E-state index in [2.05, 4.69) is 11.9 Å². The van der Waals surface area contributed by atoms with Gasteiger partial charge in [-0.05, 0) is 37.3 Å².